The number of fused-ring (bicyclic) bond motifs is 1. The largest absolute Gasteiger partial charge is 0.451 e. The highest BCUT2D eigenvalue weighted by Crippen LogP contribution is 2.27. The number of amides is 1. The average Bonchev–Trinajstić information content (AvgIpc) is 2.89. The van der Waals surface area contributed by atoms with Gasteiger partial charge in [-0.2, -0.15) is 0 Å². The number of nitrogens with zero attached hydrogens (tertiary/aromatic N) is 2. The molecule has 0 atom stereocenters. The van der Waals surface area contributed by atoms with E-state index in [-0.39, 0.29) is 11.7 Å². The standard InChI is InChI=1S/C18H24N2O4S/c1-13-4-5-16-15(12-13)14(2)17(24-16)18(21)20-8-6-19(7-9-20)10-11-25(3,22)23/h4-5,12H,6-11H2,1-3H3. The molecule has 0 N–H and O–H groups in total. The molecule has 2 heterocycles. The summed E-state index contributed by atoms with van der Waals surface area (Å²) in [6.07, 6.45) is 1.25. The third-order valence-corrected chi connectivity index (χ3v) is 5.65. The van der Waals surface area contributed by atoms with Crippen LogP contribution in [-0.2, 0) is 9.84 Å². The van der Waals surface area contributed by atoms with Crippen LogP contribution in [0.4, 0.5) is 0 Å². The Morgan fingerprint density at radius 2 is 1.84 bits per heavy atom. The van der Waals surface area contributed by atoms with Crippen molar-refractivity contribution in [3.8, 4) is 0 Å². The zero-order valence-corrected chi connectivity index (χ0v) is 15.7. The Morgan fingerprint density at radius 1 is 1.16 bits per heavy atom. The Labute approximate surface area is 148 Å². The predicted octanol–water partition coefficient (Wildman–Crippen LogP) is 1.85. The maximum atomic E-state index is 12.8. The van der Waals surface area contributed by atoms with Crippen LogP contribution in [0.15, 0.2) is 22.6 Å². The normalized spacial score (nSPS) is 16.5. The molecule has 1 fully saturated rings. The molecule has 1 aromatic heterocycles. The van der Waals surface area contributed by atoms with Gasteiger partial charge >= 0.3 is 0 Å². The van der Waals surface area contributed by atoms with Crippen LogP contribution in [0.25, 0.3) is 11.0 Å². The molecule has 0 spiro atoms. The molecule has 1 amide bonds. The number of aryl methyl sites for hydroxylation is 2. The molecule has 3 rings (SSSR count). The lowest BCUT2D eigenvalue weighted by Gasteiger charge is -2.34. The molecule has 7 heteroatoms. The predicted molar refractivity (Wildman–Crippen MR) is 97.7 cm³/mol. The molecule has 6 nitrogen and oxygen atoms in total. The van der Waals surface area contributed by atoms with Crippen molar-refractivity contribution in [3.05, 3.63) is 35.1 Å². The molecule has 1 aliphatic rings. The summed E-state index contributed by atoms with van der Waals surface area (Å²) in [4.78, 5) is 16.7. The Balaban J connectivity index is 1.68. The van der Waals surface area contributed by atoms with Gasteiger partial charge in [-0.15, -0.1) is 0 Å². The number of benzene rings is 1. The smallest absolute Gasteiger partial charge is 0.289 e. The quantitative estimate of drug-likeness (QED) is 0.828. The minimum Gasteiger partial charge on any atom is -0.451 e. The van der Waals surface area contributed by atoms with Crippen molar-refractivity contribution in [3.63, 3.8) is 0 Å². The first kappa shape index (κ1) is 17.9. The maximum absolute atomic E-state index is 12.8. The van der Waals surface area contributed by atoms with Crippen LogP contribution >= 0.6 is 0 Å². The number of hydrogen-bond donors (Lipinski definition) is 0. The first-order valence-corrected chi connectivity index (χ1v) is 10.5. The Bertz CT molecular complexity index is 893. The highest BCUT2D eigenvalue weighted by molar-refractivity contribution is 7.90. The average molecular weight is 364 g/mol. The molecule has 1 saturated heterocycles. The summed E-state index contributed by atoms with van der Waals surface area (Å²) in [5, 5.41) is 0.982. The van der Waals surface area contributed by atoms with Gasteiger partial charge < -0.3 is 9.32 Å². The van der Waals surface area contributed by atoms with Crippen LogP contribution in [0, 0.1) is 13.8 Å². The van der Waals surface area contributed by atoms with E-state index < -0.39 is 9.84 Å². The molecule has 1 aliphatic heterocycles. The van der Waals surface area contributed by atoms with Gasteiger partial charge in [0, 0.05) is 49.9 Å². The number of carbonyl (C=O) groups is 1. The molecule has 0 saturated carbocycles. The van der Waals surface area contributed by atoms with Crippen molar-refractivity contribution in [2.75, 3.05) is 44.7 Å². The number of sulfone groups is 1. The van der Waals surface area contributed by atoms with Crippen molar-refractivity contribution in [1.29, 1.82) is 0 Å². The van der Waals surface area contributed by atoms with Crippen LogP contribution in [0.5, 0.6) is 0 Å². The molecule has 0 aliphatic carbocycles. The maximum Gasteiger partial charge on any atom is 0.289 e. The third kappa shape index (κ3) is 4.04. The first-order valence-electron chi connectivity index (χ1n) is 8.44. The molecule has 0 bridgehead atoms. The van der Waals surface area contributed by atoms with E-state index in [9.17, 15) is 13.2 Å². The Kier molecular flexibility index (Phi) is 4.88. The molecule has 0 unspecified atom stereocenters. The summed E-state index contributed by atoms with van der Waals surface area (Å²) < 4.78 is 28.4. The van der Waals surface area contributed by atoms with Crippen molar-refractivity contribution in [2.24, 2.45) is 0 Å². The third-order valence-electron chi connectivity index (χ3n) is 4.72. The Morgan fingerprint density at radius 3 is 2.48 bits per heavy atom. The van der Waals surface area contributed by atoms with Crippen LogP contribution in [0.2, 0.25) is 0 Å². The van der Waals surface area contributed by atoms with E-state index in [0.717, 1.165) is 22.1 Å². The second-order valence-corrected chi connectivity index (χ2v) is 9.08. The molecule has 136 valence electrons. The van der Waals surface area contributed by atoms with Crippen molar-refractivity contribution < 1.29 is 17.6 Å². The van der Waals surface area contributed by atoms with E-state index in [1.54, 1.807) is 4.90 Å². The SMILES string of the molecule is Cc1ccc2oc(C(=O)N3CCN(CCS(C)(=O)=O)CC3)c(C)c2c1. The van der Waals surface area contributed by atoms with Gasteiger partial charge in [-0.05, 0) is 26.0 Å². The lowest BCUT2D eigenvalue weighted by molar-refractivity contribution is 0.0614. The van der Waals surface area contributed by atoms with Gasteiger partial charge in [0.25, 0.3) is 5.91 Å². The summed E-state index contributed by atoms with van der Waals surface area (Å²) >= 11 is 0. The van der Waals surface area contributed by atoms with Gasteiger partial charge in [0.15, 0.2) is 5.76 Å². The lowest BCUT2D eigenvalue weighted by Crippen LogP contribution is -2.49. The van der Waals surface area contributed by atoms with Gasteiger partial charge in [-0.1, -0.05) is 11.6 Å². The van der Waals surface area contributed by atoms with Gasteiger partial charge in [0.1, 0.15) is 15.4 Å². The second-order valence-electron chi connectivity index (χ2n) is 6.82. The molecule has 2 aromatic rings. The molecule has 0 radical (unpaired) electrons. The van der Waals surface area contributed by atoms with E-state index in [4.69, 9.17) is 4.42 Å². The van der Waals surface area contributed by atoms with Gasteiger partial charge in [-0.25, -0.2) is 8.42 Å². The summed E-state index contributed by atoms with van der Waals surface area (Å²) in [6, 6.07) is 5.91. The van der Waals surface area contributed by atoms with E-state index in [0.29, 0.717) is 38.5 Å². The molecule has 1 aromatic carbocycles. The fourth-order valence-electron chi connectivity index (χ4n) is 3.15. The van der Waals surface area contributed by atoms with E-state index in [2.05, 4.69) is 4.90 Å². The molecule has 25 heavy (non-hydrogen) atoms. The molecular formula is C18H24N2O4S. The number of rotatable bonds is 4. The van der Waals surface area contributed by atoms with Gasteiger partial charge in [0.05, 0.1) is 5.75 Å². The fraction of sp³-hybridized carbons (Fsp3) is 0.500. The van der Waals surface area contributed by atoms with Crippen molar-refractivity contribution in [2.45, 2.75) is 13.8 Å². The Hall–Kier alpha value is -1.86. The van der Waals surface area contributed by atoms with Gasteiger partial charge in [0.2, 0.25) is 0 Å². The van der Waals surface area contributed by atoms with Crippen LogP contribution < -0.4 is 0 Å². The zero-order valence-electron chi connectivity index (χ0n) is 14.9. The zero-order chi connectivity index (χ0) is 18.2. The monoisotopic (exact) mass is 364 g/mol. The molecular weight excluding hydrogens is 340 g/mol. The van der Waals surface area contributed by atoms with Crippen LogP contribution in [0.3, 0.4) is 0 Å². The van der Waals surface area contributed by atoms with E-state index in [1.807, 2.05) is 32.0 Å². The summed E-state index contributed by atoms with van der Waals surface area (Å²) in [6.45, 7) is 6.98. The first-order chi connectivity index (χ1) is 11.7. The van der Waals surface area contributed by atoms with E-state index in [1.165, 1.54) is 6.26 Å². The fourth-order valence-corrected chi connectivity index (χ4v) is 3.74. The highest BCUT2D eigenvalue weighted by Gasteiger charge is 2.26. The second kappa shape index (κ2) is 6.80. The number of piperazine rings is 1. The van der Waals surface area contributed by atoms with Crippen molar-refractivity contribution in [1.82, 2.24) is 9.80 Å². The van der Waals surface area contributed by atoms with Crippen LogP contribution in [-0.4, -0.2) is 68.9 Å². The summed E-state index contributed by atoms with van der Waals surface area (Å²) in [7, 11) is -2.96. The highest BCUT2D eigenvalue weighted by atomic mass is 32.2. The lowest BCUT2D eigenvalue weighted by atomic mass is 10.1. The number of hydrogen-bond acceptors (Lipinski definition) is 5. The van der Waals surface area contributed by atoms with Crippen LogP contribution in [0.1, 0.15) is 21.7 Å². The summed E-state index contributed by atoms with van der Waals surface area (Å²) in [5.74, 6) is 0.475. The topological polar surface area (TPSA) is 70.8 Å². The van der Waals surface area contributed by atoms with Gasteiger partial charge in [-0.3, -0.25) is 9.69 Å². The number of carbonyl (C=O) groups excluding carboxylic acids is 1. The minimum absolute atomic E-state index is 0.0888. The van der Waals surface area contributed by atoms with Crippen molar-refractivity contribution >= 4 is 26.7 Å². The summed E-state index contributed by atoms with van der Waals surface area (Å²) in [5.41, 5.74) is 2.75. The van der Waals surface area contributed by atoms with E-state index >= 15 is 0 Å². The minimum atomic E-state index is -2.96. The number of furan rings is 1.